The van der Waals surface area contributed by atoms with E-state index in [0.717, 1.165) is 44.9 Å². The zero-order valence-electron chi connectivity index (χ0n) is 28.0. The summed E-state index contributed by atoms with van der Waals surface area (Å²) < 4.78 is 0. The first-order valence-electron chi connectivity index (χ1n) is 16.6. The van der Waals surface area contributed by atoms with Crippen LogP contribution < -0.4 is 5.32 Å². The molecule has 9 atom stereocenters. The van der Waals surface area contributed by atoms with E-state index < -0.39 is 22.8 Å². The third kappa shape index (κ3) is 4.47. The van der Waals surface area contributed by atoms with E-state index in [1.807, 2.05) is 13.0 Å². The smallest absolute Gasteiger partial charge is 0.309 e. The summed E-state index contributed by atoms with van der Waals surface area (Å²) in [6, 6.07) is -0.0845. The van der Waals surface area contributed by atoms with Gasteiger partial charge in [0, 0.05) is 18.4 Å². The van der Waals surface area contributed by atoms with E-state index in [0.29, 0.717) is 12.8 Å². The Kier molecular flexibility index (Phi) is 7.24. The lowest BCUT2D eigenvalue weighted by Gasteiger charge is -2.70. The van der Waals surface area contributed by atoms with Crippen molar-refractivity contribution in [1.82, 2.24) is 5.32 Å². The minimum Gasteiger partial charge on any atom is -0.481 e. The van der Waals surface area contributed by atoms with Crippen LogP contribution in [-0.4, -0.2) is 39.9 Å². The van der Waals surface area contributed by atoms with Crippen LogP contribution in [0, 0.1) is 55.7 Å². The van der Waals surface area contributed by atoms with Gasteiger partial charge in [-0.05, 0) is 124 Å². The molecule has 5 aliphatic carbocycles. The lowest BCUT2D eigenvalue weighted by atomic mass is 9.33. The highest BCUT2D eigenvalue weighted by Crippen LogP contribution is 2.75. The predicted octanol–water partition coefficient (Wildman–Crippen LogP) is 7.04. The van der Waals surface area contributed by atoms with E-state index in [9.17, 15) is 29.4 Å². The second-order valence-corrected chi connectivity index (χ2v) is 17.9. The van der Waals surface area contributed by atoms with Crippen LogP contribution in [0.5, 0.6) is 0 Å². The van der Waals surface area contributed by atoms with Crippen molar-refractivity contribution in [3.8, 4) is 0 Å². The number of aliphatic carboxylic acids is 2. The van der Waals surface area contributed by atoms with Crippen LogP contribution in [0.4, 0.5) is 0 Å². The number of carboxylic acid groups (broad SMARTS) is 2. The standard InChI is InChI=1S/C36H55NO6/c1-30(2,28(40)41)20-26(39)37-25-11-12-34(7)24(31(25,3)4)10-13-36(9)27(34)23(38)18-21-22-19-33(6,29(42)43)15-14-32(22,5)16-17-35(21,36)8/h18,22,24-25,27H,10-17,19-20H2,1-9H3,(H,37,39)(H,40,41)(H,42,43)/t22-,24-,25-,27+,32+,33-,34-,35+,36+/m0/s1. The fourth-order valence-electron chi connectivity index (χ4n) is 11.4. The molecule has 0 aromatic rings. The van der Waals surface area contributed by atoms with Gasteiger partial charge in [0.05, 0.1) is 10.8 Å². The third-order valence-corrected chi connectivity index (χ3v) is 14.6. The van der Waals surface area contributed by atoms with Crippen molar-refractivity contribution in [3.05, 3.63) is 11.6 Å². The largest absolute Gasteiger partial charge is 0.481 e. The Hall–Kier alpha value is -2.18. The Labute approximate surface area is 258 Å². The summed E-state index contributed by atoms with van der Waals surface area (Å²) in [5.74, 6) is -1.51. The highest BCUT2D eigenvalue weighted by molar-refractivity contribution is 5.95. The molecule has 0 aromatic heterocycles. The summed E-state index contributed by atoms with van der Waals surface area (Å²) in [6.45, 7) is 18.9. The van der Waals surface area contributed by atoms with Crippen molar-refractivity contribution in [3.63, 3.8) is 0 Å². The van der Waals surface area contributed by atoms with E-state index in [1.165, 1.54) is 5.57 Å². The quantitative estimate of drug-likeness (QED) is 0.313. The number of ketones is 1. The van der Waals surface area contributed by atoms with E-state index in [1.54, 1.807) is 13.8 Å². The van der Waals surface area contributed by atoms with Crippen LogP contribution in [0.15, 0.2) is 11.6 Å². The lowest BCUT2D eigenvalue weighted by Crippen LogP contribution is -2.67. The molecular formula is C36H55NO6. The average Bonchev–Trinajstić information content (AvgIpc) is 2.87. The van der Waals surface area contributed by atoms with Crippen LogP contribution >= 0.6 is 0 Å². The molecule has 7 nitrogen and oxygen atoms in total. The molecule has 0 unspecified atom stereocenters. The summed E-state index contributed by atoms with van der Waals surface area (Å²) in [7, 11) is 0. The first kappa shape index (κ1) is 32.2. The average molecular weight is 598 g/mol. The van der Waals surface area contributed by atoms with Gasteiger partial charge in [0.1, 0.15) is 0 Å². The first-order valence-corrected chi connectivity index (χ1v) is 16.6. The molecule has 7 heteroatoms. The van der Waals surface area contributed by atoms with Gasteiger partial charge in [0.25, 0.3) is 0 Å². The minimum absolute atomic E-state index is 0.0261. The molecule has 0 heterocycles. The molecular weight excluding hydrogens is 542 g/mol. The lowest BCUT2D eigenvalue weighted by molar-refractivity contribution is -0.190. The Morgan fingerprint density at radius 2 is 1.53 bits per heavy atom. The molecule has 240 valence electrons. The molecule has 0 spiro atoms. The number of hydrogen-bond acceptors (Lipinski definition) is 4. The molecule has 4 fully saturated rings. The molecule has 4 saturated carbocycles. The highest BCUT2D eigenvalue weighted by atomic mass is 16.4. The summed E-state index contributed by atoms with van der Waals surface area (Å²) in [4.78, 5) is 51.6. The number of carbonyl (C=O) groups excluding carboxylic acids is 2. The fraction of sp³-hybridized carbons (Fsp3) is 0.833. The van der Waals surface area contributed by atoms with Crippen molar-refractivity contribution < 1.29 is 29.4 Å². The normalized spacial score (nSPS) is 45.4. The van der Waals surface area contributed by atoms with Gasteiger partial charge in [0.15, 0.2) is 5.78 Å². The summed E-state index contributed by atoms with van der Waals surface area (Å²) in [5.41, 5.74) is -1.54. The summed E-state index contributed by atoms with van der Waals surface area (Å²) >= 11 is 0. The minimum atomic E-state index is -1.13. The Morgan fingerprint density at radius 3 is 2.14 bits per heavy atom. The maximum absolute atomic E-state index is 14.5. The molecule has 0 aliphatic heterocycles. The van der Waals surface area contributed by atoms with Crippen LogP contribution in [0.25, 0.3) is 0 Å². The number of amides is 1. The van der Waals surface area contributed by atoms with E-state index in [2.05, 4.69) is 46.9 Å². The maximum atomic E-state index is 14.5. The van der Waals surface area contributed by atoms with E-state index in [-0.39, 0.29) is 69.0 Å². The van der Waals surface area contributed by atoms with Crippen LogP contribution in [0.1, 0.15) is 127 Å². The summed E-state index contributed by atoms with van der Waals surface area (Å²) in [5, 5.41) is 22.9. The van der Waals surface area contributed by atoms with Gasteiger partial charge in [-0.1, -0.05) is 47.1 Å². The second-order valence-electron chi connectivity index (χ2n) is 17.9. The number of nitrogens with one attached hydrogen (secondary N) is 1. The number of hydrogen-bond donors (Lipinski definition) is 3. The van der Waals surface area contributed by atoms with Gasteiger partial charge in [0.2, 0.25) is 5.91 Å². The van der Waals surface area contributed by atoms with E-state index in [4.69, 9.17) is 0 Å². The molecule has 0 aromatic carbocycles. The topological polar surface area (TPSA) is 121 Å². The van der Waals surface area contributed by atoms with E-state index >= 15 is 0 Å². The molecule has 0 bridgehead atoms. The van der Waals surface area contributed by atoms with Gasteiger partial charge in [-0.25, -0.2) is 0 Å². The van der Waals surface area contributed by atoms with Crippen molar-refractivity contribution in [2.24, 2.45) is 55.7 Å². The van der Waals surface area contributed by atoms with Gasteiger partial charge in [-0.2, -0.15) is 0 Å². The Morgan fingerprint density at radius 1 is 0.907 bits per heavy atom. The van der Waals surface area contributed by atoms with Gasteiger partial charge < -0.3 is 15.5 Å². The molecule has 0 radical (unpaired) electrons. The number of allylic oxidation sites excluding steroid dienone is 2. The predicted molar refractivity (Wildman–Crippen MR) is 165 cm³/mol. The molecule has 43 heavy (non-hydrogen) atoms. The number of rotatable bonds is 5. The third-order valence-electron chi connectivity index (χ3n) is 14.6. The molecule has 3 N–H and O–H groups in total. The second kappa shape index (κ2) is 9.66. The van der Waals surface area contributed by atoms with Crippen LogP contribution in [-0.2, 0) is 19.2 Å². The SMILES string of the molecule is CC(C)(CC(=O)N[C@H]1CC[C@]2(C)[C@H]3C(=O)C=C4[C@@H]5C[C@@](C)(C(=O)O)CC[C@]5(C)CC[C@@]4(C)[C@]3(C)CC[C@H]2C1(C)C)C(=O)O. The monoisotopic (exact) mass is 597 g/mol. The highest BCUT2D eigenvalue weighted by Gasteiger charge is 2.70. The molecule has 0 saturated heterocycles. The number of carbonyl (C=O) groups is 4. The van der Waals surface area contributed by atoms with Crippen molar-refractivity contribution >= 4 is 23.6 Å². The van der Waals surface area contributed by atoms with Crippen LogP contribution in [0.3, 0.4) is 0 Å². The van der Waals surface area contributed by atoms with Gasteiger partial charge in [-0.15, -0.1) is 0 Å². The first-order chi connectivity index (χ1) is 19.6. The Bertz CT molecular complexity index is 1280. The molecule has 5 aliphatic rings. The molecule has 1 amide bonds. The van der Waals surface area contributed by atoms with Crippen molar-refractivity contribution in [2.45, 2.75) is 133 Å². The fourth-order valence-corrected chi connectivity index (χ4v) is 11.4. The van der Waals surface area contributed by atoms with Crippen molar-refractivity contribution in [2.75, 3.05) is 0 Å². The number of fused-ring (bicyclic) bond motifs is 7. The van der Waals surface area contributed by atoms with Crippen LogP contribution in [0.2, 0.25) is 0 Å². The zero-order chi connectivity index (χ0) is 32.2. The molecule has 5 rings (SSSR count). The van der Waals surface area contributed by atoms with Gasteiger partial charge in [-0.3, -0.25) is 19.2 Å². The maximum Gasteiger partial charge on any atom is 0.309 e. The number of carboxylic acids is 2. The van der Waals surface area contributed by atoms with Gasteiger partial charge >= 0.3 is 11.9 Å². The Balaban J connectivity index is 1.47. The van der Waals surface area contributed by atoms with Crippen molar-refractivity contribution in [1.29, 1.82) is 0 Å². The zero-order valence-corrected chi connectivity index (χ0v) is 28.0. The summed E-state index contributed by atoms with van der Waals surface area (Å²) in [6.07, 6.45) is 9.65.